The predicted octanol–water partition coefficient (Wildman–Crippen LogP) is 3.20. The minimum Gasteiger partial charge on any atom is -0.463 e. The lowest BCUT2D eigenvalue weighted by atomic mass is 10.2. The van der Waals surface area contributed by atoms with Gasteiger partial charge in [0.1, 0.15) is 11.5 Å². The molecule has 4 aromatic rings. The van der Waals surface area contributed by atoms with Gasteiger partial charge in [0.25, 0.3) is 11.5 Å². The molecule has 12 heteroatoms. The average Bonchev–Trinajstić information content (AvgIpc) is 3.59. The van der Waals surface area contributed by atoms with Crippen LogP contribution in [0.4, 0.5) is 5.82 Å². The first-order valence-corrected chi connectivity index (χ1v) is 13.5. The molecular formula is C25H26N6O5S. The maximum atomic E-state index is 13.1. The Morgan fingerprint density at radius 2 is 1.86 bits per heavy atom. The number of carbonyl (C=O) groups is 1. The van der Waals surface area contributed by atoms with Gasteiger partial charge in [0, 0.05) is 36.5 Å². The van der Waals surface area contributed by atoms with Crippen LogP contribution in [0, 0.1) is 0 Å². The summed E-state index contributed by atoms with van der Waals surface area (Å²) in [6.07, 6.45) is 4.75. The number of aromatic nitrogens is 4. The predicted molar refractivity (Wildman–Crippen MR) is 136 cm³/mol. The summed E-state index contributed by atoms with van der Waals surface area (Å²) in [5.41, 5.74) is 0.901. The monoisotopic (exact) mass is 522 g/mol. The number of sulfonamides is 1. The Hall–Kier alpha value is -4.03. The van der Waals surface area contributed by atoms with Crippen molar-refractivity contribution in [1.29, 1.82) is 0 Å². The first-order chi connectivity index (χ1) is 17.8. The van der Waals surface area contributed by atoms with Crippen LogP contribution >= 0.6 is 0 Å². The zero-order valence-electron chi connectivity index (χ0n) is 20.2. The maximum Gasteiger partial charge on any atom is 0.256 e. The Morgan fingerprint density at radius 1 is 1.11 bits per heavy atom. The molecule has 0 saturated carbocycles. The molecule has 192 valence electrons. The number of nitrogens with zero attached hydrogens (tertiary/aromatic N) is 4. The zero-order chi connectivity index (χ0) is 26.0. The van der Waals surface area contributed by atoms with Crippen LogP contribution in [0.25, 0.3) is 17.4 Å². The Bertz CT molecular complexity index is 1570. The van der Waals surface area contributed by atoms with E-state index in [0.717, 1.165) is 19.3 Å². The summed E-state index contributed by atoms with van der Waals surface area (Å²) in [6, 6.07) is 12.3. The normalized spacial score (nSPS) is 14.5. The third-order valence-corrected chi connectivity index (χ3v) is 8.05. The van der Waals surface area contributed by atoms with E-state index in [1.807, 2.05) is 6.92 Å². The van der Waals surface area contributed by atoms with Crippen LogP contribution in [-0.4, -0.2) is 51.5 Å². The number of amides is 1. The minimum atomic E-state index is -3.60. The Balaban J connectivity index is 1.44. The summed E-state index contributed by atoms with van der Waals surface area (Å²) in [6.45, 7) is 2.88. The molecule has 0 radical (unpaired) electrons. The lowest BCUT2D eigenvalue weighted by Crippen LogP contribution is -2.35. The molecule has 11 nitrogen and oxygen atoms in total. The number of H-pyrrole nitrogens is 1. The summed E-state index contributed by atoms with van der Waals surface area (Å²) >= 11 is 0. The van der Waals surface area contributed by atoms with Crippen molar-refractivity contribution in [3.05, 3.63) is 76.4 Å². The van der Waals surface area contributed by atoms with Gasteiger partial charge in [0.15, 0.2) is 5.76 Å². The van der Waals surface area contributed by atoms with E-state index >= 15 is 0 Å². The molecule has 2 N–H and O–H groups in total. The van der Waals surface area contributed by atoms with E-state index in [1.165, 1.54) is 45.6 Å². The van der Waals surface area contributed by atoms with Crippen molar-refractivity contribution in [1.82, 2.24) is 24.1 Å². The van der Waals surface area contributed by atoms with Crippen LogP contribution in [0.2, 0.25) is 0 Å². The molecule has 1 aliphatic rings. The second-order valence-corrected chi connectivity index (χ2v) is 10.6. The summed E-state index contributed by atoms with van der Waals surface area (Å²) < 4.78 is 34.1. The van der Waals surface area contributed by atoms with E-state index in [4.69, 9.17) is 4.42 Å². The molecule has 0 spiro atoms. The molecule has 1 amide bonds. The largest absolute Gasteiger partial charge is 0.463 e. The summed E-state index contributed by atoms with van der Waals surface area (Å²) in [4.78, 5) is 32.5. The van der Waals surface area contributed by atoms with Gasteiger partial charge in [-0.05, 0) is 55.7 Å². The fraction of sp³-hybridized carbons (Fsp3) is 0.280. The number of nitrogens with one attached hydrogen (secondary N) is 2. The number of rotatable bonds is 7. The number of benzene rings is 1. The fourth-order valence-electron chi connectivity index (χ4n) is 4.17. The highest BCUT2D eigenvalue weighted by Gasteiger charge is 2.26. The number of piperidine rings is 1. The SMILES string of the molecule is CCc1cc(=O)[nH]c(-n2nc(-c3ccco3)cc2NC(=O)c2ccc(S(=O)(=O)N3CCCCC3)cc2)n1. The van der Waals surface area contributed by atoms with Crippen LogP contribution in [0.3, 0.4) is 0 Å². The van der Waals surface area contributed by atoms with Gasteiger partial charge in [-0.2, -0.15) is 14.1 Å². The van der Waals surface area contributed by atoms with Crippen LogP contribution in [-0.2, 0) is 16.4 Å². The van der Waals surface area contributed by atoms with E-state index in [2.05, 4.69) is 20.4 Å². The number of carbonyl (C=O) groups excluding carboxylic acids is 1. The van der Waals surface area contributed by atoms with Gasteiger partial charge in [-0.3, -0.25) is 14.6 Å². The molecule has 5 rings (SSSR count). The average molecular weight is 523 g/mol. The lowest BCUT2D eigenvalue weighted by Gasteiger charge is -2.25. The van der Waals surface area contributed by atoms with E-state index in [-0.39, 0.29) is 27.8 Å². The number of hydrogen-bond donors (Lipinski definition) is 2. The Kier molecular flexibility index (Phi) is 6.76. The summed E-state index contributed by atoms with van der Waals surface area (Å²) in [5, 5.41) is 7.26. The van der Waals surface area contributed by atoms with Gasteiger partial charge in [-0.25, -0.2) is 13.4 Å². The van der Waals surface area contributed by atoms with E-state index in [1.54, 1.807) is 18.2 Å². The quantitative estimate of drug-likeness (QED) is 0.379. The summed E-state index contributed by atoms with van der Waals surface area (Å²) in [5.74, 6) is 0.372. The number of aryl methyl sites for hydroxylation is 1. The van der Waals surface area contributed by atoms with Gasteiger partial charge in [0.05, 0.1) is 11.2 Å². The lowest BCUT2D eigenvalue weighted by molar-refractivity contribution is 0.102. The molecule has 1 aromatic carbocycles. The van der Waals surface area contributed by atoms with Gasteiger partial charge in [-0.1, -0.05) is 13.3 Å². The van der Waals surface area contributed by atoms with Crippen molar-refractivity contribution in [3.63, 3.8) is 0 Å². The summed E-state index contributed by atoms with van der Waals surface area (Å²) in [7, 11) is -3.60. The van der Waals surface area contributed by atoms with Crippen molar-refractivity contribution in [2.45, 2.75) is 37.5 Å². The van der Waals surface area contributed by atoms with Crippen molar-refractivity contribution in [2.75, 3.05) is 18.4 Å². The Morgan fingerprint density at radius 3 is 2.54 bits per heavy atom. The molecule has 1 saturated heterocycles. The molecule has 3 aromatic heterocycles. The highest BCUT2D eigenvalue weighted by atomic mass is 32.2. The zero-order valence-corrected chi connectivity index (χ0v) is 21.0. The van der Waals surface area contributed by atoms with Crippen LogP contribution in [0.15, 0.2) is 68.9 Å². The first kappa shape index (κ1) is 24.7. The van der Waals surface area contributed by atoms with E-state index in [9.17, 15) is 18.0 Å². The van der Waals surface area contributed by atoms with Crippen molar-refractivity contribution < 1.29 is 17.6 Å². The molecule has 0 atom stereocenters. The van der Waals surface area contributed by atoms with Gasteiger partial charge < -0.3 is 9.73 Å². The third kappa shape index (κ3) is 5.11. The molecule has 1 aliphatic heterocycles. The molecule has 0 bridgehead atoms. The highest BCUT2D eigenvalue weighted by molar-refractivity contribution is 7.89. The molecule has 4 heterocycles. The molecule has 1 fully saturated rings. The van der Waals surface area contributed by atoms with Crippen LogP contribution in [0.1, 0.15) is 42.2 Å². The number of furan rings is 1. The van der Waals surface area contributed by atoms with Crippen LogP contribution in [0.5, 0.6) is 0 Å². The Labute approximate surface area is 213 Å². The standard InChI is InChI=1S/C25H26N6O5S/c1-2-18-15-23(32)28-25(26-18)31-22(16-20(29-31)21-7-6-14-36-21)27-24(33)17-8-10-19(11-9-17)37(34,35)30-12-4-3-5-13-30/h6-11,14-16H,2-5,12-13H2,1H3,(H,27,33)(H,26,28,32). The van der Waals surface area contributed by atoms with Crippen molar-refractivity contribution in [2.24, 2.45) is 0 Å². The van der Waals surface area contributed by atoms with Gasteiger partial charge in [0.2, 0.25) is 16.0 Å². The number of hydrogen-bond acceptors (Lipinski definition) is 7. The molecule has 0 unspecified atom stereocenters. The second kappa shape index (κ2) is 10.1. The third-order valence-electron chi connectivity index (χ3n) is 6.14. The minimum absolute atomic E-state index is 0.139. The number of anilines is 1. The van der Waals surface area contributed by atoms with Gasteiger partial charge in [-0.15, -0.1) is 0 Å². The van der Waals surface area contributed by atoms with E-state index in [0.29, 0.717) is 36.7 Å². The highest BCUT2D eigenvalue weighted by Crippen LogP contribution is 2.25. The molecular weight excluding hydrogens is 496 g/mol. The smallest absolute Gasteiger partial charge is 0.256 e. The van der Waals surface area contributed by atoms with Gasteiger partial charge >= 0.3 is 0 Å². The second-order valence-electron chi connectivity index (χ2n) is 8.66. The molecule has 37 heavy (non-hydrogen) atoms. The van der Waals surface area contributed by atoms with Crippen molar-refractivity contribution in [3.8, 4) is 17.4 Å². The van der Waals surface area contributed by atoms with E-state index < -0.39 is 15.9 Å². The topological polar surface area (TPSA) is 143 Å². The van der Waals surface area contributed by atoms with Crippen LogP contribution < -0.4 is 10.9 Å². The molecule has 0 aliphatic carbocycles. The maximum absolute atomic E-state index is 13.1. The van der Waals surface area contributed by atoms with Crippen molar-refractivity contribution >= 4 is 21.7 Å². The first-order valence-electron chi connectivity index (χ1n) is 12.0. The number of aromatic amines is 1. The fourth-order valence-corrected chi connectivity index (χ4v) is 5.69.